The summed E-state index contributed by atoms with van der Waals surface area (Å²) in [7, 11) is 0. The van der Waals surface area contributed by atoms with Crippen molar-refractivity contribution in [3.05, 3.63) is 63.9 Å². The van der Waals surface area contributed by atoms with Crippen LogP contribution in [0.3, 0.4) is 0 Å². The maximum atomic E-state index is 12.2. The number of carbonyl (C=O) groups is 1. The lowest BCUT2D eigenvalue weighted by Gasteiger charge is -2.08. The van der Waals surface area contributed by atoms with Crippen LogP contribution < -0.4 is 5.32 Å². The maximum Gasteiger partial charge on any atom is 0.255 e. The second-order valence-electron chi connectivity index (χ2n) is 5.40. The van der Waals surface area contributed by atoms with Gasteiger partial charge in [0.2, 0.25) is 5.95 Å². The minimum absolute atomic E-state index is 0.204. The molecule has 0 aliphatic rings. The minimum atomic E-state index is -0.204. The van der Waals surface area contributed by atoms with Gasteiger partial charge in [0.15, 0.2) is 0 Å². The monoisotopic (exact) mass is 385 g/mol. The molecule has 3 aromatic rings. The highest BCUT2D eigenvalue weighted by Crippen LogP contribution is 2.16. The summed E-state index contributed by atoms with van der Waals surface area (Å²) in [6, 6.07) is 7.13. The van der Waals surface area contributed by atoms with E-state index in [-0.39, 0.29) is 5.91 Å². The first-order chi connectivity index (χ1) is 11.5. The molecule has 0 atom stereocenters. The van der Waals surface area contributed by atoms with Crippen molar-refractivity contribution in [1.29, 1.82) is 0 Å². The fourth-order valence-corrected chi connectivity index (χ4v) is 2.64. The van der Waals surface area contributed by atoms with Crippen LogP contribution >= 0.6 is 15.9 Å². The molecule has 0 bridgehead atoms. The van der Waals surface area contributed by atoms with Crippen molar-refractivity contribution >= 4 is 27.5 Å². The fraction of sp³-hybridized carbons (Fsp3) is 0.176. The zero-order chi connectivity index (χ0) is 17.3. The van der Waals surface area contributed by atoms with Crippen LogP contribution in [0.5, 0.6) is 0 Å². The van der Waals surface area contributed by atoms with Gasteiger partial charge in [-0.2, -0.15) is 0 Å². The van der Waals surface area contributed by atoms with Crippen LogP contribution in [0, 0.1) is 20.8 Å². The van der Waals surface area contributed by atoms with Gasteiger partial charge in [0.25, 0.3) is 5.91 Å². The SMILES string of the molecule is Cc1nc(C)n(-c2ncc(NC(=O)c3ccc(Br)cc3)cn2)c1C. The second kappa shape index (κ2) is 6.52. The van der Waals surface area contributed by atoms with Gasteiger partial charge in [-0.1, -0.05) is 15.9 Å². The van der Waals surface area contributed by atoms with E-state index in [4.69, 9.17) is 0 Å². The summed E-state index contributed by atoms with van der Waals surface area (Å²) in [5.74, 6) is 1.16. The molecule has 2 heterocycles. The Kier molecular flexibility index (Phi) is 4.44. The van der Waals surface area contributed by atoms with Crippen LogP contribution in [0.15, 0.2) is 41.1 Å². The molecule has 1 N–H and O–H groups in total. The highest BCUT2D eigenvalue weighted by molar-refractivity contribution is 9.10. The smallest absolute Gasteiger partial charge is 0.255 e. The highest BCUT2D eigenvalue weighted by Gasteiger charge is 2.12. The number of halogens is 1. The van der Waals surface area contributed by atoms with E-state index in [9.17, 15) is 4.79 Å². The van der Waals surface area contributed by atoms with Gasteiger partial charge in [0.05, 0.1) is 23.8 Å². The van der Waals surface area contributed by atoms with E-state index in [0.717, 1.165) is 21.7 Å². The number of hydrogen-bond donors (Lipinski definition) is 1. The first-order valence-corrected chi connectivity index (χ1v) is 8.17. The fourth-order valence-electron chi connectivity index (χ4n) is 2.38. The molecule has 0 fully saturated rings. The lowest BCUT2D eigenvalue weighted by molar-refractivity contribution is 0.102. The van der Waals surface area contributed by atoms with Crippen molar-refractivity contribution < 1.29 is 4.79 Å². The molecule has 0 radical (unpaired) electrons. The molecule has 1 amide bonds. The molecule has 0 unspecified atom stereocenters. The van der Waals surface area contributed by atoms with Gasteiger partial charge in [-0.25, -0.2) is 15.0 Å². The maximum absolute atomic E-state index is 12.2. The van der Waals surface area contributed by atoms with E-state index < -0.39 is 0 Å². The normalized spacial score (nSPS) is 10.7. The number of aromatic nitrogens is 4. The number of imidazole rings is 1. The number of amides is 1. The largest absolute Gasteiger partial charge is 0.319 e. The molecule has 0 aliphatic heterocycles. The quantitative estimate of drug-likeness (QED) is 0.747. The molecule has 0 saturated carbocycles. The Labute approximate surface area is 148 Å². The molecule has 6 nitrogen and oxygen atoms in total. The van der Waals surface area contributed by atoms with Crippen molar-refractivity contribution in [1.82, 2.24) is 19.5 Å². The Balaban J connectivity index is 1.79. The molecule has 1 aromatic carbocycles. The summed E-state index contributed by atoms with van der Waals surface area (Å²) in [6.45, 7) is 5.83. The Morgan fingerprint density at radius 2 is 1.71 bits per heavy atom. The minimum Gasteiger partial charge on any atom is -0.319 e. The van der Waals surface area contributed by atoms with Gasteiger partial charge in [-0.05, 0) is 45.0 Å². The Hall–Kier alpha value is -2.54. The van der Waals surface area contributed by atoms with Crippen LogP contribution in [-0.4, -0.2) is 25.4 Å². The van der Waals surface area contributed by atoms with Crippen LogP contribution in [-0.2, 0) is 0 Å². The number of carbonyl (C=O) groups excluding carboxylic acids is 1. The van der Waals surface area contributed by atoms with Crippen LogP contribution in [0.4, 0.5) is 5.69 Å². The van der Waals surface area contributed by atoms with E-state index in [1.165, 1.54) is 0 Å². The first-order valence-electron chi connectivity index (χ1n) is 7.37. The van der Waals surface area contributed by atoms with Gasteiger partial charge in [0.1, 0.15) is 5.82 Å². The van der Waals surface area contributed by atoms with Gasteiger partial charge in [-0.3, -0.25) is 9.36 Å². The van der Waals surface area contributed by atoms with Crippen LogP contribution in [0.2, 0.25) is 0 Å². The Morgan fingerprint density at radius 3 is 2.25 bits per heavy atom. The molecule has 2 aromatic heterocycles. The zero-order valence-electron chi connectivity index (χ0n) is 13.5. The molecular weight excluding hydrogens is 370 g/mol. The van der Waals surface area contributed by atoms with E-state index in [1.54, 1.807) is 24.5 Å². The van der Waals surface area contributed by atoms with Gasteiger partial charge in [0, 0.05) is 15.7 Å². The topological polar surface area (TPSA) is 72.7 Å². The summed E-state index contributed by atoms with van der Waals surface area (Å²) >= 11 is 3.35. The molecular formula is C17H16BrN5O. The average Bonchev–Trinajstić information content (AvgIpc) is 2.81. The zero-order valence-corrected chi connectivity index (χ0v) is 15.1. The van der Waals surface area contributed by atoms with Crippen molar-refractivity contribution in [3.63, 3.8) is 0 Å². The van der Waals surface area contributed by atoms with E-state index in [0.29, 0.717) is 17.2 Å². The first kappa shape index (κ1) is 16.3. The molecule has 7 heteroatoms. The number of nitrogens with one attached hydrogen (secondary N) is 1. The molecule has 24 heavy (non-hydrogen) atoms. The van der Waals surface area contributed by atoms with E-state index in [2.05, 4.69) is 36.2 Å². The number of anilines is 1. The number of hydrogen-bond acceptors (Lipinski definition) is 4. The summed E-state index contributed by atoms with van der Waals surface area (Å²) in [4.78, 5) is 25.3. The number of nitrogens with zero attached hydrogens (tertiary/aromatic N) is 4. The van der Waals surface area contributed by atoms with Gasteiger partial charge >= 0.3 is 0 Å². The number of rotatable bonds is 3. The Morgan fingerprint density at radius 1 is 1.08 bits per heavy atom. The summed E-state index contributed by atoms with van der Waals surface area (Å²) in [6.07, 6.45) is 3.18. The summed E-state index contributed by atoms with van der Waals surface area (Å²) in [5.41, 5.74) is 3.06. The van der Waals surface area contributed by atoms with Gasteiger partial charge < -0.3 is 5.32 Å². The molecule has 0 aliphatic carbocycles. The average molecular weight is 386 g/mol. The lowest BCUT2D eigenvalue weighted by Crippen LogP contribution is -2.13. The third kappa shape index (κ3) is 3.21. The number of aryl methyl sites for hydroxylation is 2. The molecule has 3 rings (SSSR count). The lowest BCUT2D eigenvalue weighted by atomic mass is 10.2. The highest BCUT2D eigenvalue weighted by atomic mass is 79.9. The van der Waals surface area contributed by atoms with Gasteiger partial charge in [-0.15, -0.1) is 0 Å². The van der Waals surface area contributed by atoms with Crippen molar-refractivity contribution in [2.24, 2.45) is 0 Å². The van der Waals surface area contributed by atoms with Crippen LogP contribution in [0.1, 0.15) is 27.6 Å². The van der Waals surface area contributed by atoms with E-state index >= 15 is 0 Å². The summed E-state index contributed by atoms with van der Waals surface area (Å²) < 4.78 is 2.81. The Bertz CT molecular complexity index is 885. The molecule has 0 spiro atoms. The standard InChI is InChI=1S/C17H16BrN5O/c1-10-11(2)23(12(3)21-10)17-19-8-15(9-20-17)22-16(24)13-4-6-14(18)7-5-13/h4-9H,1-3H3,(H,22,24). The molecule has 122 valence electrons. The van der Waals surface area contributed by atoms with Crippen molar-refractivity contribution in [2.75, 3.05) is 5.32 Å². The second-order valence-corrected chi connectivity index (χ2v) is 6.31. The predicted octanol–water partition coefficient (Wildman–Crippen LogP) is 3.60. The third-order valence-corrected chi connectivity index (χ3v) is 4.24. The third-order valence-electron chi connectivity index (χ3n) is 3.71. The molecule has 0 saturated heterocycles. The van der Waals surface area contributed by atoms with Crippen molar-refractivity contribution in [3.8, 4) is 5.95 Å². The number of benzene rings is 1. The van der Waals surface area contributed by atoms with Crippen LogP contribution in [0.25, 0.3) is 5.95 Å². The van der Waals surface area contributed by atoms with Crippen molar-refractivity contribution in [2.45, 2.75) is 20.8 Å². The summed E-state index contributed by atoms with van der Waals surface area (Å²) in [5, 5.41) is 2.79. The van der Waals surface area contributed by atoms with E-state index in [1.807, 2.05) is 37.5 Å². The predicted molar refractivity (Wildman–Crippen MR) is 95.5 cm³/mol.